The molecule has 1 aliphatic carbocycles. The number of rotatable bonds is 3. The van der Waals surface area contributed by atoms with Gasteiger partial charge in [-0.15, -0.1) is 0 Å². The lowest BCUT2D eigenvalue weighted by atomic mass is 9.96. The lowest BCUT2D eigenvalue weighted by molar-refractivity contribution is -0.121. The molecule has 1 saturated carbocycles. The van der Waals surface area contributed by atoms with Crippen LogP contribution in [0.5, 0.6) is 0 Å². The van der Waals surface area contributed by atoms with Crippen molar-refractivity contribution in [1.82, 2.24) is 5.32 Å². The number of hydrogen-bond acceptors (Lipinski definition) is 2. The van der Waals surface area contributed by atoms with E-state index in [4.69, 9.17) is 4.42 Å². The molecule has 3 heteroatoms. The summed E-state index contributed by atoms with van der Waals surface area (Å²) in [5.74, 6) is 0.112. The Morgan fingerprint density at radius 3 is 2.60 bits per heavy atom. The van der Waals surface area contributed by atoms with E-state index in [1.807, 2.05) is 18.2 Å². The summed E-state index contributed by atoms with van der Waals surface area (Å²) in [6.45, 7) is 0. The van der Waals surface area contributed by atoms with E-state index in [0.29, 0.717) is 12.5 Å². The predicted molar refractivity (Wildman–Crippen MR) is 102 cm³/mol. The van der Waals surface area contributed by atoms with E-state index in [0.717, 1.165) is 34.8 Å². The number of amides is 1. The zero-order valence-electron chi connectivity index (χ0n) is 14.6. The van der Waals surface area contributed by atoms with Gasteiger partial charge in [0.1, 0.15) is 5.58 Å². The van der Waals surface area contributed by atoms with E-state index in [1.165, 1.54) is 37.5 Å². The van der Waals surface area contributed by atoms with Gasteiger partial charge in [0.15, 0.2) is 0 Å². The molecule has 3 aromatic rings. The van der Waals surface area contributed by atoms with Crippen LogP contribution in [0.2, 0.25) is 0 Å². The van der Waals surface area contributed by atoms with Gasteiger partial charge in [0.05, 0.1) is 12.7 Å². The smallest absolute Gasteiger partial charge is 0.224 e. The van der Waals surface area contributed by atoms with Crippen molar-refractivity contribution in [1.29, 1.82) is 0 Å². The third-order valence-corrected chi connectivity index (χ3v) is 5.36. The highest BCUT2D eigenvalue weighted by Crippen LogP contribution is 2.30. The fourth-order valence-corrected chi connectivity index (χ4v) is 4.06. The minimum atomic E-state index is 0.112. The molecule has 4 rings (SSSR count). The van der Waals surface area contributed by atoms with E-state index in [1.54, 1.807) is 6.26 Å². The van der Waals surface area contributed by atoms with Crippen molar-refractivity contribution in [3.63, 3.8) is 0 Å². The monoisotopic (exact) mass is 335 g/mol. The third-order valence-electron chi connectivity index (χ3n) is 5.36. The summed E-state index contributed by atoms with van der Waals surface area (Å²) in [7, 11) is 0. The maximum absolute atomic E-state index is 12.6. The Hall–Kier alpha value is -2.29. The Morgan fingerprint density at radius 1 is 1.00 bits per heavy atom. The highest BCUT2D eigenvalue weighted by atomic mass is 16.3. The van der Waals surface area contributed by atoms with Crippen LogP contribution in [0.3, 0.4) is 0 Å². The number of benzene rings is 2. The molecule has 0 bridgehead atoms. The number of hydrogen-bond donors (Lipinski definition) is 1. The summed E-state index contributed by atoms with van der Waals surface area (Å²) in [4.78, 5) is 12.6. The van der Waals surface area contributed by atoms with Gasteiger partial charge in [-0.1, -0.05) is 62.4 Å². The molecule has 1 aromatic heterocycles. The molecule has 130 valence electrons. The van der Waals surface area contributed by atoms with Crippen molar-refractivity contribution < 1.29 is 9.21 Å². The standard InChI is InChI=1S/C22H25NO2/c24-21(23-18-9-4-2-1-3-5-10-18)14-17-15-25-20-13-12-16-8-6-7-11-19(16)22(17)20/h6-8,11-13,15,18H,1-5,9-10,14H2,(H,23,24). The van der Waals surface area contributed by atoms with Gasteiger partial charge in [-0.2, -0.15) is 0 Å². The van der Waals surface area contributed by atoms with Gasteiger partial charge >= 0.3 is 0 Å². The molecule has 2 aromatic carbocycles. The second kappa shape index (κ2) is 7.30. The van der Waals surface area contributed by atoms with Crippen molar-refractivity contribution in [2.24, 2.45) is 0 Å². The van der Waals surface area contributed by atoms with Crippen LogP contribution in [0.15, 0.2) is 47.1 Å². The molecule has 1 N–H and O–H groups in total. The van der Waals surface area contributed by atoms with Crippen LogP contribution in [-0.4, -0.2) is 11.9 Å². The minimum absolute atomic E-state index is 0.112. The first kappa shape index (κ1) is 16.2. The zero-order chi connectivity index (χ0) is 17.1. The van der Waals surface area contributed by atoms with Crippen molar-refractivity contribution in [2.45, 2.75) is 57.4 Å². The second-order valence-electron chi connectivity index (χ2n) is 7.21. The van der Waals surface area contributed by atoms with Crippen LogP contribution < -0.4 is 5.32 Å². The highest BCUT2D eigenvalue weighted by Gasteiger charge is 2.17. The molecule has 0 spiro atoms. The Labute approximate surface area is 148 Å². The first-order chi connectivity index (χ1) is 12.3. The van der Waals surface area contributed by atoms with Gasteiger partial charge in [0.2, 0.25) is 5.91 Å². The summed E-state index contributed by atoms with van der Waals surface area (Å²) in [5, 5.41) is 6.67. The maximum Gasteiger partial charge on any atom is 0.224 e. The zero-order valence-corrected chi connectivity index (χ0v) is 14.6. The quantitative estimate of drug-likeness (QED) is 0.700. The fourth-order valence-electron chi connectivity index (χ4n) is 4.06. The summed E-state index contributed by atoms with van der Waals surface area (Å²) in [6, 6.07) is 12.7. The topological polar surface area (TPSA) is 42.2 Å². The summed E-state index contributed by atoms with van der Waals surface area (Å²) in [6.07, 6.45) is 10.7. The summed E-state index contributed by atoms with van der Waals surface area (Å²) < 4.78 is 5.70. The van der Waals surface area contributed by atoms with E-state index in [9.17, 15) is 4.79 Å². The van der Waals surface area contributed by atoms with Gasteiger partial charge in [-0.25, -0.2) is 0 Å². The maximum atomic E-state index is 12.6. The molecule has 25 heavy (non-hydrogen) atoms. The molecule has 0 radical (unpaired) electrons. The van der Waals surface area contributed by atoms with Gasteiger partial charge < -0.3 is 9.73 Å². The number of furan rings is 1. The molecule has 0 saturated heterocycles. The van der Waals surface area contributed by atoms with Crippen LogP contribution >= 0.6 is 0 Å². The van der Waals surface area contributed by atoms with Crippen LogP contribution in [-0.2, 0) is 11.2 Å². The number of nitrogens with one attached hydrogen (secondary N) is 1. The Morgan fingerprint density at radius 2 is 1.76 bits per heavy atom. The van der Waals surface area contributed by atoms with E-state index >= 15 is 0 Å². The molecule has 0 unspecified atom stereocenters. The average Bonchev–Trinajstić information content (AvgIpc) is 3.00. The molecule has 1 aliphatic rings. The van der Waals surface area contributed by atoms with Crippen LogP contribution in [0.25, 0.3) is 21.7 Å². The fraction of sp³-hybridized carbons (Fsp3) is 0.409. The number of carbonyl (C=O) groups excluding carboxylic acids is 1. The molecular weight excluding hydrogens is 310 g/mol. The molecule has 3 nitrogen and oxygen atoms in total. The van der Waals surface area contributed by atoms with Crippen LogP contribution in [0, 0.1) is 0 Å². The van der Waals surface area contributed by atoms with Gasteiger partial charge in [0, 0.05) is 17.0 Å². The van der Waals surface area contributed by atoms with Crippen molar-refractivity contribution in [2.75, 3.05) is 0 Å². The van der Waals surface area contributed by atoms with Gasteiger partial charge in [0.25, 0.3) is 0 Å². The number of carbonyl (C=O) groups is 1. The van der Waals surface area contributed by atoms with Crippen molar-refractivity contribution >= 4 is 27.6 Å². The first-order valence-electron chi connectivity index (χ1n) is 9.48. The van der Waals surface area contributed by atoms with E-state index in [2.05, 4.69) is 23.5 Å². The lowest BCUT2D eigenvalue weighted by Crippen LogP contribution is -2.36. The summed E-state index contributed by atoms with van der Waals surface area (Å²) >= 11 is 0. The van der Waals surface area contributed by atoms with Gasteiger partial charge in [-0.05, 0) is 29.7 Å². The Kier molecular flexibility index (Phi) is 4.73. The Balaban J connectivity index is 1.54. The van der Waals surface area contributed by atoms with Crippen LogP contribution in [0.4, 0.5) is 0 Å². The largest absolute Gasteiger partial charge is 0.464 e. The summed E-state index contributed by atoms with van der Waals surface area (Å²) in [5.41, 5.74) is 1.84. The van der Waals surface area contributed by atoms with Crippen molar-refractivity contribution in [3.05, 3.63) is 48.2 Å². The first-order valence-corrected chi connectivity index (χ1v) is 9.48. The van der Waals surface area contributed by atoms with E-state index < -0.39 is 0 Å². The molecular formula is C22H25NO2. The molecule has 0 atom stereocenters. The molecule has 1 heterocycles. The van der Waals surface area contributed by atoms with Crippen molar-refractivity contribution in [3.8, 4) is 0 Å². The second-order valence-corrected chi connectivity index (χ2v) is 7.21. The minimum Gasteiger partial charge on any atom is -0.464 e. The predicted octanol–water partition coefficient (Wildman–Crippen LogP) is 5.36. The molecule has 0 aliphatic heterocycles. The average molecular weight is 335 g/mol. The number of fused-ring (bicyclic) bond motifs is 3. The third kappa shape index (κ3) is 3.55. The lowest BCUT2D eigenvalue weighted by Gasteiger charge is -2.21. The van der Waals surface area contributed by atoms with E-state index in [-0.39, 0.29) is 5.91 Å². The normalized spacial score (nSPS) is 16.6. The highest BCUT2D eigenvalue weighted by molar-refractivity contribution is 6.08. The Bertz CT molecular complexity index is 872. The van der Waals surface area contributed by atoms with Gasteiger partial charge in [-0.3, -0.25) is 4.79 Å². The molecule has 1 amide bonds. The molecule has 1 fully saturated rings. The van der Waals surface area contributed by atoms with Crippen LogP contribution in [0.1, 0.15) is 50.5 Å². The SMILES string of the molecule is O=C(Cc1coc2ccc3ccccc3c12)NC1CCCCCCC1.